The van der Waals surface area contributed by atoms with E-state index in [0.29, 0.717) is 18.0 Å². The van der Waals surface area contributed by atoms with E-state index < -0.39 is 0 Å². The molecule has 1 fully saturated rings. The van der Waals surface area contributed by atoms with Gasteiger partial charge in [0, 0.05) is 22.9 Å². The fourth-order valence-electron chi connectivity index (χ4n) is 2.08. The van der Waals surface area contributed by atoms with Gasteiger partial charge < -0.3 is 10.0 Å². The van der Waals surface area contributed by atoms with Crippen molar-refractivity contribution < 1.29 is 9.90 Å². The quantitative estimate of drug-likeness (QED) is 0.859. The lowest BCUT2D eigenvalue weighted by Gasteiger charge is -2.37. The molecule has 0 heterocycles. The van der Waals surface area contributed by atoms with E-state index in [2.05, 4.69) is 15.9 Å². The van der Waals surface area contributed by atoms with Crippen molar-refractivity contribution in [1.29, 1.82) is 0 Å². The summed E-state index contributed by atoms with van der Waals surface area (Å²) < 4.78 is 0.754. The van der Waals surface area contributed by atoms with Crippen molar-refractivity contribution in [3.63, 3.8) is 0 Å². The summed E-state index contributed by atoms with van der Waals surface area (Å²) in [4.78, 5) is 14.2. The van der Waals surface area contributed by atoms with E-state index in [9.17, 15) is 9.90 Å². The van der Waals surface area contributed by atoms with Crippen LogP contribution in [0.15, 0.2) is 22.7 Å². The number of carbonyl (C=O) groups excluding carboxylic acids is 1. The molecule has 1 aromatic rings. The fraction of sp³-hybridized carbons (Fsp3) is 0.462. The van der Waals surface area contributed by atoms with E-state index in [1.165, 1.54) is 6.07 Å². The SMILES string of the molecule is O=C(c1ccc(Br)cc1O)N(CCCl)C1CCC1. The first-order valence-electron chi connectivity index (χ1n) is 5.99. The van der Waals surface area contributed by atoms with Gasteiger partial charge >= 0.3 is 0 Å². The second-order valence-electron chi connectivity index (χ2n) is 4.43. The maximum Gasteiger partial charge on any atom is 0.257 e. The van der Waals surface area contributed by atoms with E-state index in [4.69, 9.17) is 11.6 Å². The van der Waals surface area contributed by atoms with E-state index in [1.807, 2.05) is 0 Å². The van der Waals surface area contributed by atoms with E-state index in [1.54, 1.807) is 17.0 Å². The zero-order valence-electron chi connectivity index (χ0n) is 9.90. The van der Waals surface area contributed by atoms with Gasteiger partial charge in [-0.15, -0.1) is 11.6 Å². The number of phenols is 1. The number of hydrogen-bond acceptors (Lipinski definition) is 2. The predicted molar refractivity (Wildman–Crippen MR) is 75.2 cm³/mol. The molecule has 0 saturated heterocycles. The number of benzene rings is 1. The summed E-state index contributed by atoms with van der Waals surface area (Å²) in [7, 11) is 0. The van der Waals surface area contributed by atoms with Gasteiger partial charge in [0.2, 0.25) is 0 Å². The van der Waals surface area contributed by atoms with Crippen molar-refractivity contribution in [2.45, 2.75) is 25.3 Å². The summed E-state index contributed by atoms with van der Waals surface area (Å²) >= 11 is 9.02. The molecule has 0 bridgehead atoms. The summed E-state index contributed by atoms with van der Waals surface area (Å²) in [6.45, 7) is 0.528. The lowest BCUT2D eigenvalue weighted by atomic mass is 9.91. The smallest absolute Gasteiger partial charge is 0.257 e. The van der Waals surface area contributed by atoms with Crippen LogP contribution in [0, 0.1) is 0 Å². The van der Waals surface area contributed by atoms with Gasteiger partial charge in [0.25, 0.3) is 5.91 Å². The van der Waals surface area contributed by atoms with Crippen molar-refractivity contribution in [2.24, 2.45) is 0 Å². The Morgan fingerprint density at radius 2 is 2.22 bits per heavy atom. The van der Waals surface area contributed by atoms with Crippen LogP contribution in [-0.2, 0) is 0 Å². The Morgan fingerprint density at radius 1 is 1.50 bits per heavy atom. The van der Waals surface area contributed by atoms with Gasteiger partial charge in [0.05, 0.1) is 5.56 Å². The molecular formula is C13H15BrClNO2. The number of amides is 1. The largest absolute Gasteiger partial charge is 0.507 e. The van der Waals surface area contributed by atoms with Gasteiger partial charge in [0.1, 0.15) is 5.75 Å². The van der Waals surface area contributed by atoms with Crippen molar-refractivity contribution in [3.05, 3.63) is 28.2 Å². The number of phenolic OH excluding ortho intramolecular Hbond substituents is 1. The summed E-state index contributed by atoms with van der Waals surface area (Å²) in [5, 5.41) is 9.84. The lowest BCUT2D eigenvalue weighted by molar-refractivity contribution is 0.0595. The van der Waals surface area contributed by atoms with Crippen LogP contribution >= 0.6 is 27.5 Å². The van der Waals surface area contributed by atoms with Crippen LogP contribution in [0.4, 0.5) is 0 Å². The molecule has 1 amide bonds. The zero-order chi connectivity index (χ0) is 13.1. The molecule has 3 nitrogen and oxygen atoms in total. The molecule has 0 spiro atoms. The predicted octanol–water partition coefficient (Wildman–Crippen LogP) is 3.39. The van der Waals surface area contributed by atoms with Gasteiger partial charge in [-0.25, -0.2) is 0 Å². The Bertz CT molecular complexity index is 449. The number of carbonyl (C=O) groups is 1. The Hall–Kier alpha value is -0.740. The minimum atomic E-state index is -0.134. The Labute approximate surface area is 120 Å². The third-order valence-electron chi connectivity index (χ3n) is 3.29. The lowest BCUT2D eigenvalue weighted by Crippen LogP contribution is -2.45. The zero-order valence-corrected chi connectivity index (χ0v) is 12.2. The normalized spacial score (nSPS) is 15.2. The number of aromatic hydroxyl groups is 1. The highest BCUT2D eigenvalue weighted by molar-refractivity contribution is 9.10. The van der Waals surface area contributed by atoms with Gasteiger partial charge in [-0.2, -0.15) is 0 Å². The molecule has 1 aliphatic rings. The van der Waals surface area contributed by atoms with Gasteiger partial charge in [-0.05, 0) is 37.5 Å². The average molecular weight is 333 g/mol. The second-order valence-corrected chi connectivity index (χ2v) is 5.73. The molecule has 0 unspecified atom stereocenters. The standard InChI is InChI=1S/C13H15BrClNO2/c14-9-4-5-11(12(17)8-9)13(18)16(7-6-15)10-2-1-3-10/h4-5,8,10,17H,1-3,6-7H2. The molecule has 1 saturated carbocycles. The van der Waals surface area contributed by atoms with Gasteiger partial charge in [-0.1, -0.05) is 15.9 Å². The molecule has 98 valence electrons. The molecule has 0 aromatic heterocycles. The molecular weight excluding hydrogens is 318 g/mol. The molecule has 0 aliphatic heterocycles. The van der Waals surface area contributed by atoms with Crippen LogP contribution in [0.25, 0.3) is 0 Å². The molecule has 5 heteroatoms. The topological polar surface area (TPSA) is 40.5 Å². The number of nitrogens with zero attached hydrogens (tertiary/aromatic N) is 1. The molecule has 1 N–H and O–H groups in total. The summed E-state index contributed by atoms with van der Waals surface area (Å²) in [6, 6.07) is 5.21. The molecule has 0 atom stereocenters. The minimum Gasteiger partial charge on any atom is -0.507 e. The van der Waals surface area contributed by atoms with E-state index >= 15 is 0 Å². The highest BCUT2D eigenvalue weighted by atomic mass is 79.9. The molecule has 1 aromatic carbocycles. The summed E-state index contributed by atoms with van der Waals surface area (Å²) in [5.74, 6) is 0.290. The van der Waals surface area contributed by atoms with Crippen molar-refractivity contribution >= 4 is 33.4 Å². The summed E-state index contributed by atoms with van der Waals surface area (Å²) in [5.41, 5.74) is 0.343. The third-order valence-corrected chi connectivity index (χ3v) is 3.95. The number of rotatable bonds is 4. The molecule has 18 heavy (non-hydrogen) atoms. The monoisotopic (exact) mass is 331 g/mol. The van der Waals surface area contributed by atoms with Crippen molar-refractivity contribution in [2.75, 3.05) is 12.4 Å². The maximum atomic E-state index is 12.4. The fourth-order valence-corrected chi connectivity index (χ4v) is 2.61. The third kappa shape index (κ3) is 2.81. The first-order chi connectivity index (χ1) is 8.63. The van der Waals surface area contributed by atoms with Crippen LogP contribution in [0.5, 0.6) is 5.75 Å². The Balaban J connectivity index is 2.21. The van der Waals surface area contributed by atoms with Crippen molar-refractivity contribution in [1.82, 2.24) is 4.90 Å². The van der Waals surface area contributed by atoms with E-state index in [-0.39, 0.29) is 17.7 Å². The molecule has 1 aliphatic carbocycles. The molecule has 0 radical (unpaired) electrons. The maximum absolute atomic E-state index is 12.4. The number of alkyl halides is 1. The minimum absolute atomic E-state index is 0.00766. The highest BCUT2D eigenvalue weighted by Gasteiger charge is 2.29. The van der Waals surface area contributed by atoms with Crippen LogP contribution < -0.4 is 0 Å². The van der Waals surface area contributed by atoms with Crippen LogP contribution in [0.1, 0.15) is 29.6 Å². The second kappa shape index (κ2) is 5.93. The first kappa shape index (κ1) is 13.7. The number of halogens is 2. The first-order valence-corrected chi connectivity index (χ1v) is 7.31. The van der Waals surface area contributed by atoms with Gasteiger partial charge in [-0.3, -0.25) is 4.79 Å². The van der Waals surface area contributed by atoms with Crippen LogP contribution in [-0.4, -0.2) is 34.4 Å². The van der Waals surface area contributed by atoms with Gasteiger partial charge in [0.15, 0.2) is 0 Å². The Kier molecular flexibility index (Phi) is 4.51. The number of hydrogen-bond donors (Lipinski definition) is 1. The van der Waals surface area contributed by atoms with Crippen LogP contribution in [0.2, 0.25) is 0 Å². The van der Waals surface area contributed by atoms with Crippen molar-refractivity contribution in [3.8, 4) is 5.75 Å². The summed E-state index contributed by atoms with van der Waals surface area (Å²) in [6.07, 6.45) is 3.21. The molecule has 2 rings (SSSR count). The van der Waals surface area contributed by atoms with E-state index in [0.717, 1.165) is 23.7 Å². The highest BCUT2D eigenvalue weighted by Crippen LogP contribution is 2.29. The Morgan fingerprint density at radius 3 is 2.72 bits per heavy atom. The average Bonchev–Trinajstić information content (AvgIpc) is 2.25. The van der Waals surface area contributed by atoms with Crippen LogP contribution in [0.3, 0.4) is 0 Å².